The highest BCUT2D eigenvalue weighted by Gasteiger charge is 2.12. The lowest BCUT2D eigenvalue weighted by Crippen LogP contribution is -1.74. The molecule has 1 nitrogen and oxygen atoms in total. The summed E-state index contributed by atoms with van der Waals surface area (Å²) < 4.78 is 36.6. The number of hydrogen-bond donors (Lipinski definition) is 0. The Labute approximate surface area is 69.0 Å². The highest BCUT2D eigenvalue weighted by atomic mass is 19.3. The van der Waals surface area contributed by atoms with E-state index in [9.17, 15) is 8.78 Å². The minimum absolute atomic E-state index is 0.129. The molecule has 1 aromatic carbocycles. The van der Waals surface area contributed by atoms with E-state index in [4.69, 9.17) is 5.79 Å². The van der Waals surface area contributed by atoms with Gasteiger partial charge in [-0.25, -0.2) is 8.78 Å². The number of alkyl halides is 2. The molecule has 0 aliphatic rings. The first-order valence-electron chi connectivity index (χ1n) is 3.95. The van der Waals surface area contributed by atoms with Gasteiger partial charge in [0.05, 0.1) is 1.37 Å². The van der Waals surface area contributed by atoms with E-state index in [-0.39, 0.29) is 17.4 Å². The van der Waals surface area contributed by atoms with Gasteiger partial charge in [-0.2, -0.15) is 0 Å². The zero-order valence-corrected chi connectivity index (χ0v) is 6.05. The van der Waals surface area contributed by atoms with Crippen molar-refractivity contribution in [1.82, 2.24) is 0 Å². The summed E-state index contributed by atoms with van der Waals surface area (Å²) in [4.78, 5) is 0. The predicted octanol–water partition coefficient (Wildman–Crippen LogP) is 3.37. The van der Waals surface area contributed by atoms with E-state index in [1.165, 1.54) is 12.1 Å². The first kappa shape index (κ1) is 6.17. The fraction of sp³-hybridized carbons (Fsp3) is 0.111. The molecule has 3 heteroatoms. The lowest BCUT2D eigenvalue weighted by molar-refractivity contribution is 0.124. The van der Waals surface area contributed by atoms with E-state index in [0.717, 1.165) is 0 Å². The van der Waals surface area contributed by atoms with Crippen LogP contribution in [0, 0.1) is 0 Å². The number of furan rings is 1. The third-order valence-electron chi connectivity index (χ3n) is 1.58. The van der Waals surface area contributed by atoms with Crippen LogP contribution in [0.15, 0.2) is 34.7 Å². The second-order valence-corrected chi connectivity index (χ2v) is 2.40. The van der Waals surface area contributed by atoms with Gasteiger partial charge in [0, 0.05) is 5.39 Å². The van der Waals surface area contributed by atoms with E-state index in [1.54, 1.807) is 12.1 Å². The molecule has 0 atom stereocenters. The third kappa shape index (κ3) is 1.07. The monoisotopic (exact) mass is 169 g/mol. The van der Waals surface area contributed by atoms with E-state index < -0.39 is 6.43 Å². The van der Waals surface area contributed by atoms with Crippen molar-refractivity contribution >= 4 is 11.0 Å². The topological polar surface area (TPSA) is 13.1 Å². The zero-order chi connectivity index (χ0) is 9.42. The molecule has 0 radical (unpaired) electrons. The Hall–Kier alpha value is -1.38. The van der Waals surface area contributed by atoms with Crippen LogP contribution in [0.5, 0.6) is 0 Å². The molecule has 0 bridgehead atoms. The van der Waals surface area contributed by atoms with Crippen molar-refractivity contribution in [1.29, 1.82) is 0 Å². The molecule has 1 aromatic heterocycles. The fourth-order valence-electron chi connectivity index (χ4n) is 1.04. The van der Waals surface area contributed by atoms with Crippen LogP contribution in [0.1, 0.15) is 13.6 Å². The van der Waals surface area contributed by atoms with Crippen LogP contribution < -0.4 is 0 Å². The minimum atomic E-state index is -2.62. The molecule has 1 heterocycles. The van der Waals surface area contributed by atoms with Crippen molar-refractivity contribution in [2.24, 2.45) is 0 Å². The second kappa shape index (κ2) is 2.59. The van der Waals surface area contributed by atoms with Gasteiger partial charge in [0.15, 0.2) is 5.76 Å². The van der Waals surface area contributed by atoms with Gasteiger partial charge in [0.1, 0.15) is 5.58 Å². The molecule has 62 valence electrons. The number of benzene rings is 1. The normalized spacial score (nSPS) is 12.4. The van der Waals surface area contributed by atoms with Gasteiger partial charge < -0.3 is 4.42 Å². The quantitative estimate of drug-likeness (QED) is 0.637. The van der Waals surface area contributed by atoms with E-state index >= 15 is 0 Å². The van der Waals surface area contributed by atoms with Crippen molar-refractivity contribution in [2.75, 3.05) is 0 Å². The van der Waals surface area contributed by atoms with Crippen LogP contribution in [-0.2, 0) is 0 Å². The van der Waals surface area contributed by atoms with Gasteiger partial charge in [0.25, 0.3) is 6.43 Å². The molecule has 0 amide bonds. The summed E-state index contributed by atoms with van der Waals surface area (Å²) in [7, 11) is 0. The van der Waals surface area contributed by atoms with Gasteiger partial charge in [0.2, 0.25) is 0 Å². The smallest absolute Gasteiger partial charge is 0.295 e. The molecule has 0 aliphatic carbocycles. The molecule has 0 unspecified atom stereocenters. The lowest BCUT2D eigenvalue weighted by atomic mass is 10.2. The molecule has 12 heavy (non-hydrogen) atoms. The standard InChI is InChI=1S/C9H6F2O/c10-9(11)8-5-6-3-1-2-4-7(6)12-8/h1-5,9H/i4D. The molecule has 0 aliphatic heterocycles. The van der Waals surface area contributed by atoms with Crippen LogP contribution >= 0.6 is 0 Å². The Morgan fingerprint density at radius 2 is 2.25 bits per heavy atom. The number of hydrogen-bond acceptors (Lipinski definition) is 1. The molecule has 2 aromatic rings. The first-order valence-corrected chi connectivity index (χ1v) is 3.45. The summed E-state index contributed by atoms with van der Waals surface area (Å²) >= 11 is 0. The summed E-state index contributed by atoms with van der Waals surface area (Å²) in [6.07, 6.45) is -2.62. The summed E-state index contributed by atoms with van der Waals surface area (Å²) in [5.41, 5.74) is 0.220. The van der Waals surface area contributed by atoms with Crippen LogP contribution in [-0.4, -0.2) is 0 Å². The Bertz CT molecular complexity index is 436. The molecular weight excluding hydrogens is 162 g/mol. The Morgan fingerprint density at radius 1 is 1.42 bits per heavy atom. The van der Waals surface area contributed by atoms with Gasteiger partial charge in [-0.1, -0.05) is 18.2 Å². The molecule has 0 N–H and O–H groups in total. The summed E-state index contributed by atoms with van der Waals surface area (Å²) in [5, 5.41) is 0.544. The van der Waals surface area contributed by atoms with E-state index in [2.05, 4.69) is 0 Å². The first-order chi connectivity index (χ1) is 6.18. The maximum Gasteiger partial charge on any atom is 0.295 e. The van der Waals surface area contributed by atoms with Crippen molar-refractivity contribution in [3.05, 3.63) is 36.1 Å². The number of fused-ring (bicyclic) bond motifs is 1. The second-order valence-electron chi connectivity index (χ2n) is 2.40. The molecular formula is C9H6F2O. The largest absolute Gasteiger partial charge is 0.455 e. The van der Waals surface area contributed by atoms with Crippen molar-refractivity contribution in [3.8, 4) is 0 Å². The predicted molar refractivity (Wildman–Crippen MR) is 41.2 cm³/mol. The van der Waals surface area contributed by atoms with Gasteiger partial charge in [-0.05, 0) is 12.1 Å². The highest BCUT2D eigenvalue weighted by Crippen LogP contribution is 2.26. The Kier molecular flexibility index (Phi) is 1.33. The van der Waals surface area contributed by atoms with Crippen LogP contribution in [0.2, 0.25) is 0 Å². The Morgan fingerprint density at radius 3 is 2.92 bits per heavy atom. The average molecular weight is 169 g/mol. The van der Waals surface area contributed by atoms with Gasteiger partial charge >= 0.3 is 0 Å². The van der Waals surface area contributed by atoms with E-state index in [0.29, 0.717) is 5.39 Å². The summed E-state index contributed by atoms with van der Waals surface area (Å²) in [6.45, 7) is 0. The maximum absolute atomic E-state index is 12.2. The maximum atomic E-state index is 12.2. The Balaban J connectivity index is 2.68. The van der Waals surface area contributed by atoms with E-state index in [1.807, 2.05) is 0 Å². The van der Waals surface area contributed by atoms with Crippen LogP contribution in [0.25, 0.3) is 11.0 Å². The molecule has 0 saturated carbocycles. The third-order valence-corrected chi connectivity index (χ3v) is 1.58. The van der Waals surface area contributed by atoms with Crippen molar-refractivity contribution < 1.29 is 14.6 Å². The van der Waals surface area contributed by atoms with Gasteiger partial charge in [-0.15, -0.1) is 0 Å². The molecule has 0 spiro atoms. The highest BCUT2D eigenvalue weighted by molar-refractivity contribution is 5.77. The minimum Gasteiger partial charge on any atom is -0.455 e. The number of rotatable bonds is 1. The molecule has 0 saturated heterocycles. The van der Waals surface area contributed by atoms with Crippen molar-refractivity contribution in [3.63, 3.8) is 0 Å². The van der Waals surface area contributed by atoms with Crippen LogP contribution in [0.3, 0.4) is 0 Å². The zero-order valence-electron chi connectivity index (χ0n) is 7.05. The molecule has 0 fully saturated rings. The fourth-order valence-corrected chi connectivity index (χ4v) is 1.04. The SMILES string of the molecule is [2H]c1cccc2cc(C(F)F)oc12. The van der Waals surface area contributed by atoms with Crippen molar-refractivity contribution in [2.45, 2.75) is 6.43 Å². The number of para-hydroxylation sites is 1. The average Bonchev–Trinajstić information content (AvgIpc) is 2.49. The van der Waals surface area contributed by atoms with Gasteiger partial charge in [-0.3, -0.25) is 0 Å². The molecule has 2 rings (SSSR count). The number of halogens is 2. The summed E-state index contributed by atoms with van der Waals surface area (Å²) in [6, 6.07) is 6.17. The summed E-state index contributed by atoms with van der Waals surface area (Å²) in [5.74, 6) is -0.380. The lowest BCUT2D eigenvalue weighted by Gasteiger charge is -1.88. The van der Waals surface area contributed by atoms with Crippen LogP contribution in [0.4, 0.5) is 8.78 Å².